The summed E-state index contributed by atoms with van der Waals surface area (Å²) in [7, 11) is -3.90. The van der Waals surface area contributed by atoms with Crippen molar-refractivity contribution in [3.8, 4) is 10.6 Å². The largest absolute Gasteiger partial charge is 0.431 e. The molecule has 0 unspecified atom stereocenters. The maximum Gasteiger partial charge on any atom is 0.316 e. The van der Waals surface area contributed by atoms with Crippen LogP contribution in [-0.2, 0) is 10.0 Å². The molecule has 26 heavy (non-hydrogen) atoms. The van der Waals surface area contributed by atoms with Gasteiger partial charge in [-0.15, -0.1) is 11.3 Å². The Morgan fingerprint density at radius 2 is 1.69 bits per heavy atom. The van der Waals surface area contributed by atoms with E-state index in [0.29, 0.717) is 5.69 Å². The molecule has 0 aliphatic carbocycles. The number of para-hydroxylation sites is 1. The van der Waals surface area contributed by atoms with Gasteiger partial charge in [0.25, 0.3) is 10.0 Å². The molecule has 0 atom stereocenters. The van der Waals surface area contributed by atoms with Crippen LogP contribution in [0.4, 0.5) is 11.7 Å². The lowest BCUT2D eigenvalue weighted by molar-refractivity contribution is 0.556. The molecule has 0 saturated carbocycles. The van der Waals surface area contributed by atoms with Gasteiger partial charge in [-0.05, 0) is 24.3 Å². The van der Waals surface area contributed by atoms with Crippen molar-refractivity contribution in [3.63, 3.8) is 0 Å². The summed E-state index contributed by atoms with van der Waals surface area (Å²) in [5.41, 5.74) is 1.31. The Morgan fingerprint density at radius 1 is 0.923 bits per heavy atom. The highest BCUT2D eigenvalue weighted by Gasteiger charge is 2.29. The molecule has 0 N–H and O–H groups in total. The molecule has 130 valence electrons. The molecule has 8 heteroatoms. The van der Waals surface area contributed by atoms with E-state index in [-0.39, 0.29) is 10.9 Å². The summed E-state index contributed by atoms with van der Waals surface area (Å²) >= 11 is 1.49. The summed E-state index contributed by atoms with van der Waals surface area (Å²) in [5.74, 6) is 0. The predicted molar refractivity (Wildman–Crippen MR) is 99.8 cm³/mol. The summed E-state index contributed by atoms with van der Waals surface area (Å²) in [6.45, 7) is 0. The summed E-state index contributed by atoms with van der Waals surface area (Å²) < 4.78 is 32.8. The second-order valence-electron chi connectivity index (χ2n) is 5.28. The zero-order chi connectivity index (χ0) is 18.0. The molecule has 4 aromatic rings. The first-order valence-corrected chi connectivity index (χ1v) is 9.98. The smallest absolute Gasteiger partial charge is 0.316 e. The van der Waals surface area contributed by atoms with Gasteiger partial charge in [-0.2, -0.15) is 4.31 Å². The molecular weight excluding hydrogens is 370 g/mol. The van der Waals surface area contributed by atoms with Gasteiger partial charge < -0.3 is 4.42 Å². The maximum absolute atomic E-state index is 13.2. The normalized spacial score (nSPS) is 11.4. The van der Waals surface area contributed by atoms with E-state index in [2.05, 4.69) is 9.97 Å². The van der Waals surface area contributed by atoms with Crippen molar-refractivity contribution in [1.82, 2.24) is 9.97 Å². The molecule has 4 rings (SSSR count). The maximum atomic E-state index is 13.2. The summed E-state index contributed by atoms with van der Waals surface area (Å²) in [5, 5.41) is 2.71. The van der Waals surface area contributed by atoms with Crippen LogP contribution < -0.4 is 4.31 Å². The molecule has 0 aliphatic rings. The van der Waals surface area contributed by atoms with E-state index in [4.69, 9.17) is 4.42 Å². The van der Waals surface area contributed by atoms with Gasteiger partial charge in [0.1, 0.15) is 11.3 Å². The third-order valence-electron chi connectivity index (χ3n) is 3.66. The molecule has 2 heterocycles. The average Bonchev–Trinajstić information content (AvgIpc) is 3.37. The van der Waals surface area contributed by atoms with Crippen molar-refractivity contribution >= 4 is 33.1 Å². The number of hydrogen-bond acceptors (Lipinski definition) is 6. The van der Waals surface area contributed by atoms with E-state index >= 15 is 0 Å². The minimum atomic E-state index is -3.90. The number of thiazole rings is 1. The Hall–Kier alpha value is -2.97. The molecule has 2 aromatic carbocycles. The third kappa shape index (κ3) is 3.00. The number of benzene rings is 2. The first-order valence-electron chi connectivity index (χ1n) is 7.66. The zero-order valence-electron chi connectivity index (χ0n) is 13.4. The fraction of sp³-hybridized carbons (Fsp3) is 0. The van der Waals surface area contributed by atoms with Gasteiger partial charge in [-0.3, -0.25) is 0 Å². The first kappa shape index (κ1) is 16.5. The highest BCUT2D eigenvalue weighted by atomic mass is 32.2. The monoisotopic (exact) mass is 383 g/mol. The number of aromatic nitrogens is 2. The van der Waals surface area contributed by atoms with Gasteiger partial charge in [0.15, 0.2) is 0 Å². The lowest BCUT2D eigenvalue weighted by Crippen LogP contribution is -2.26. The molecule has 0 aliphatic heterocycles. The summed E-state index contributed by atoms with van der Waals surface area (Å²) in [4.78, 5) is 8.39. The number of oxazole rings is 1. The molecule has 0 bridgehead atoms. The van der Waals surface area contributed by atoms with Gasteiger partial charge in [0, 0.05) is 17.1 Å². The molecule has 2 aromatic heterocycles. The first-order chi connectivity index (χ1) is 12.7. The Morgan fingerprint density at radius 3 is 2.31 bits per heavy atom. The number of rotatable bonds is 5. The number of nitrogens with zero attached hydrogens (tertiary/aromatic N) is 3. The fourth-order valence-electron chi connectivity index (χ4n) is 2.47. The van der Waals surface area contributed by atoms with E-state index in [0.717, 1.165) is 14.9 Å². The predicted octanol–water partition coefficient (Wildman–Crippen LogP) is 4.33. The molecule has 0 radical (unpaired) electrons. The lowest BCUT2D eigenvalue weighted by atomic mass is 10.2. The van der Waals surface area contributed by atoms with Crippen LogP contribution in [0.2, 0.25) is 0 Å². The highest BCUT2D eigenvalue weighted by molar-refractivity contribution is 7.93. The van der Waals surface area contributed by atoms with Gasteiger partial charge in [0.05, 0.1) is 16.8 Å². The molecule has 0 spiro atoms. The third-order valence-corrected chi connectivity index (χ3v) is 6.19. The minimum Gasteiger partial charge on any atom is -0.431 e. The van der Waals surface area contributed by atoms with Gasteiger partial charge in [-0.25, -0.2) is 18.4 Å². The zero-order valence-corrected chi connectivity index (χ0v) is 15.0. The van der Waals surface area contributed by atoms with Crippen LogP contribution in [0.1, 0.15) is 0 Å². The second-order valence-corrected chi connectivity index (χ2v) is 7.96. The number of sulfonamides is 1. The van der Waals surface area contributed by atoms with Crippen molar-refractivity contribution in [1.29, 1.82) is 0 Å². The van der Waals surface area contributed by atoms with Crippen LogP contribution >= 0.6 is 11.3 Å². The van der Waals surface area contributed by atoms with E-state index in [1.165, 1.54) is 23.8 Å². The van der Waals surface area contributed by atoms with Crippen LogP contribution in [0.3, 0.4) is 0 Å². The Kier molecular flexibility index (Phi) is 4.27. The second kappa shape index (κ2) is 6.74. The Labute approximate surface area is 154 Å². The van der Waals surface area contributed by atoms with Crippen molar-refractivity contribution in [2.45, 2.75) is 4.90 Å². The topological polar surface area (TPSA) is 76.3 Å². The van der Waals surface area contributed by atoms with E-state index in [9.17, 15) is 8.42 Å². The molecule has 6 nitrogen and oxygen atoms in total. The van der Waals surface area contributed by atoms with Crippen molar-refractivity contribution < 1.29 is 12.8 Å². The van der Waals surface area contributed by atoms with Crippen molar-refractivity contribution in [2.75, 3.05) is 4.31 Å². The molecular formula is C18H13N3O3S2. The molecule has 0 fully saturated rings. The standard InChI is InChI=1S/C18H13N3O3S2/c22-26(23,16-8-6-14(7-9-16)17-19-11-13-25-17)21(18-20-10-12-24-18)15-4-2-1-3-5-15/h1-13H. The van der Waals surface area contributed by atoms with Crippen LogP contribution in [0.5, 0.6) is 0 Å². The van der Waals surface area contributed by atoms with Gasteiger partial charge in [-0.1, -0.05) is 30.3 Å². The average molecular weight is 383 g/mol. The van der Waals surface area contributed by atoms with E-state index < -0.39 is 10.0 Å². The lowest BCUT2D eigenvalue weighted by Gasteiger charge is -2.20. The van der Waals surface area contributed by atoms with Crippen molar-refractivity contribution in [3.05, 3.63) is 78.6 Å². The van der Waals surface area contributed by atoms with Crippen LogP contribution in [0, 0.1) is 0 Å². The van der Waals surface area contributed by atoms with Crippen LogP contribution in [0.15, 0.2) is 87.9 Å². The van der Waals surface area contributed by atoms with Crippen molar-refractivity contribution in [2.24, 2.45) is 0 Å². The summed E-state index contributed by atoms with van der Waals surface area (Å²) in [6, 6.07) is 15.3. The van der Waals surface area contributed by atoms with Crippen LogP contribution in [0.25, 0.3) is 10.6 Å². The Bertz CT molecular complexity index is 1080. The SMILES string of the molecule is O=S(=O)(c1ccc(-c2nccs2)cc1)N(c1ccccc1)c1ncco1. The Balaban J connectivity index is 1.78. The van der Waals surface area contributed by atoms with Gasteiger partial charge in [0.2, 0.25) is 0 Å². The van der Waals surface area contributed by atoms with E-state index in [1.54, 1.807) is 54.7 Å². The quantitative estimate of drug-likeness (QED) is 0.513. The molecule has 0 amide bonds. The number of anilines is 2. The van der Waals surface area contributed by atoms with Gasteiger partial charge >= 0.3 is 6.01 Å². The molecule has 0 saturated heterocycles. The number of hydrogen-bond donors (Lipinski definition) is 0. The van der Waals surface area contributed by atoms with E-state index in [1.807, 2.05) is 11.4 Å². The summed E-state index contributed by atoms with van der Waals surface area (Å²) in [6.07, 6.45) is 4.46. The minimum absolute atomic E-state index is 0.0137. The fourth-order valence-corrected chi connectivity index (χ4v) is 4.50. The highest BCUT2D eigenvalue weighted by Crippen LogP contribution is 2.32. The van der Waals surface area contributed by atoms with Crippen LogP contribution in [-0.4, -0.2) is 18.4 Å².